The summed E-state index contributed by atoms with van der Waals surface area (Å²) >= 11 is 17.5. The molecule has 0 spiro atoms. The number of hydrogen-bond donors (Lipinski definition) is 2. The Balaban J connectivity index is 2.28. The molecule has 0 saturated heterocycles. The molecule has 0 fully saturated rings. The fourth-order valence-electron chi connectivity index (χ4n) is 1.74. The zero-order valence-corrected chi connectivity index (χ0v) is 13.9. The Hall–Kier alpha value is -1.96. The van der Waals surface area contributed by atoms with Gasteiger partial charge in [0.1, 0.15) is 17.1 Å². The number of nitrogens with zero attached hydrogens (tertiary/aromatic N) is 1. The molecule has 23 heavy (non-hydrogen) atoms. The zero-order valence-electron chi connectivity index (χ0n) is 11.7. The Labute approximate surface area is 144 Å². The summed E-state index contributed by atoms with van der Waals surface area (Å²) < 4.78 is 6.19. The number of hydrogen-bond acceptors (Lipinski definition) is 5. The van der Waals surface area contributed by atoms with E-state index in [1.54, 1.807) is 0 Å². The normalized spacial score (nSPS) is 10.6. The van der Waals surface area contributed by atoms with Crippen molar-refractivity contribution >= 4 is 46.4 Å². The molecule has 10 heteroatoms. The van der Waals surface area contributed by atoms with Crippen LogP contribution in [0.3, 0.4) is 0 Å². The van der Waals surface area contributed by atoms with E-state index < -0.39 is 23.6 Å². The van der Waals surface area contributed by atoms with E-state index in [1.165, 1.54) is 19.2 Å². The predicted octanol–water partition coefficient (Wildman–Crippen LogP) is 1.88. The number of carbonyl (C=O) groups is 1. The van der Waals surface area contributed by atoms with Gasteiger partial charge >= 0.3 is 5.69 Å². The molecule has 0 aliphatic heterocycles. The number of benzene rings is 1. The number of nitrogens with one attached hydrogen (secondary N) is 1. The minimum atomic E-state index is -0.889. The number of Topliss-reactive ketones (excluding diaryl/α,β-unsaturated/α-hetero) is 1. The van der Waals surface area contributed by atoms with Crippen molar-refractivity contribution in [2.24, 2.45) is 7.05 Å². The van der Waals surface area contributed by atoms with Crippen LogP contribution in [0.5, 0.6) is 5.75 Å². The van der Waals surface area contributed by atoms with E-state index in [4.69, 9.17) is 45.3 Å². The molecule has 0 unspecified atom stereocenters. The predicted molar refractivity (Wildman–Crippen MR) is 88.0 cm³/mol. The van der Waals surface area contributed by atoms with Crippen LogP contribution < -0.4 is 21.7 Å². The second-order valence-corrected chi connectivity index (χ2v) is 5.71. The highest BCUT2D eigenvalue weighted by atomic mass is 35.5. The Bertz CT molecular complexity index is 905. The summed E-state index contributed by atoms with van der Waals surface area (Å²) in [5.41, 5.74) is 3.64. The van der Waals surface area contributed by atoms with Gasteiger partial charge in [-0.25, -0.2) is 4.79 Å². The molecule has 0 amide bonds. The summed E-state index contributed by atoms with van der Waals surface area (Å²) in [7, 11) is 1.32. The van der Waals surface area contributed by atoms with Crippen molar-refractivity contribution in [3.63, 3.8) is 0 Å². The highest BCUT2D eigenvalue weighted by Gasteiger charge is 2.19. The maximum atomic E-state index is 12.1. The molecule has 122 valence electrons. The van der Waals surface area contributed by atoms with Crippen molar-refractivity contribution in [2.75, 3.05) is 12.3 Å². The first-order valence-electron chi connectivity index (χ1n) is 6.11. The monoisotopic (exact) mass is 377 g/mol. The van der Waals surface area contributed by atoms with Gasteiger partial charge in [0.15, 0.2) is 6.61 Å². The third-order valence-electron chi connectivity index (χ3n) is 2.98. The van der Waals surface area contributed by atoms with E-state index in [9.17, 15) is 14.4 Å². The summed E-state index contributed by atoms with van der Waals surface area (Å²) in [5, 5.41) is 0.571. The van der Waals surface area contributed by atoms with Crippen LogP contribution in [0.2, 0.25) is 15.1 Å². The van der Waals surface area contributed by atoms with Gasteiger partial charge in [0, 0.05) is 13.1 Å². The number of halogens is 3. The smallest absolute Gasteiger partial charge is 0.329 e. The van der Waals surface area contributed by atoms with Gasteiger partial charge in [0.2, 0.25) is 5.78 Å². The molecule has 0 atom stereocenters. The Morgan fingerprint density at radius 1 is 1.22 bits per heavy atom. The molecule has 0 saturated carbocycles. The number of anilines is 1. The lowest BCUT2D eigenvalue weighted by molar-refractivity contribution is 0.0920. The van der Waals surface area contributed by atoms with E-state index in [0.717, 1.165) is 4.57 Å². The van der Waals surface area contributed by atoms with E-state index in [0.29, 0.717) is 0 Å². The molecule has 2 rings (SSSR count). The van der Waals surface area contributed by atoms with Crippen LogP contribution in [-0.4, -0.2) is 21.9 Å². The Morgan fingerprint density at radius 3 is 2.48 bits per heavy atom. The Kier molecular flexibility index (Phi) is 5.03. The molecule has 1 aromatic carbocycles. The first-order chi connectivity index (χ1) is 10.7. The molecule has 0 radical (unpaired) electrons. The second kappa shape index (κ2) is 6.66. The third kappa shape index (κ3) is 3.52. The van der Waals surface area contributed by atoms with Crippen molar-refractivity contribution in [1.82, 2.24) is 9.55 Å². The number of nitrogen functional groups attached to an aromatic ring is 1. The van der Waals surface area contributed by atoms with Gasteiger partial charge in [-0.15, -0.1) is 0 Å². The summed E-state index contributed by atoms with van der Waals surface area (Å²) in [5.74, 6) is -0.858. The van der Waals surface area contributed by atoms with Gasteiger partial charge < -0.3 is 10.5 Å². The molecule has 1 aromatic heterocycles. The summed E-state index contributed by atoms with van der Waals surface area (Å²) in [4.78, 5) is 37.2. The van der Waals surface area contributed by atoms with Gasteiger partial charge in [0.05, 0.1) is 15.1 Å². The van der Waals surface area contributed by atoms with Crippen molar-refractivity contribution in [1.29, 1.82) is 0 Å². The lowest BCUT2D eigenvalue weighted by atomic mass is 10.2. The minimum Gasteiger partial charge on any atom is -0.484 e. The molecule has 2 aromatic rings. The van der Waals surface area contributed by atoms with Gasteiger partial charge in [-0.2, -0.15) is 0 Å². The van der Waals surface area contributed by atoms with Crippen LogP contribution in [-0.2, 0) is 7.05 Å². The average molecular weight is 379 g/mol. The average Bonchev–Trinajstić information content (AvgIpc) is 2.47. The second-order valence-electron chi connectivity index (χ2n) is 4.49. The SMILES string of the molecule is Cn1c(N)c(C(=O)COc2cc(Cl)c(Cl)cc2Cl)c(=O)[nH]c1=O. The van der Waals surface area contributed by atoms with E-state index in [2.05, 4.69) is 0 Å². The zero-order chi connectivity index (χ0) is 17.3. The largest absolute Gasteiger partial charge is 0.484 e. The number of aromatic nitrogens is 2. The van der Waals surface area contributed by atoms with Crippen LogP contribution in [0.1, 0.15) is 10.4 Å². The maximum absolute atomic E-state index is 12.1. The van der Waals surface area contributed by atoms with Crippen LogP contribution in [0.15, 0.2) is 21.7 Å². The minimum absolute atomic E-state index is 0.120. The fraction of sp³-hybridized carbons (Fsp3) is 0.154. The van der Waals surface area contributed by atoms with Crippen molar-refractivity contribution in [2.45, 2.75) is 0 Å². The first-order valence-corrected chi connectivity index (χ1v) is 7.25. The highest BCUT2D eigenvalue weighted by Crippen LogP contribution is 2.33. The van der Waals surface area contributed by atoms with Gasteiger partial charge in [0.25, 0.3) is 5.56 Å². The molecule has 0 aliphatic carbocycles. The van der Waals surface area contributed by atoms with Crippen molar-refractivity contribution < 1.29 is 9.53 Å². The van der Waals surface area contributed by atoms with E-state index in [1.807, 2.05) is 4.98 Å². The molecular weight excluding hydrogens is 369 g/mol. The van der Waals surface area contributed by atoms with Crippen LogP contribution in [0.25, 0.3) is 0 Å². The number of ketones is 1. The first kappa shape index (κ1) is 17.4. The molecule has 7 nitrogen and oxygen atoms in total. The number of ether oxygens (including phenoxy) is 1. The standard InChI is InChI=1S/C13H10Cl3N3O4/c1-19-11(17)10(12(21)18-13(19)22)8(20)4-23-9-3-6(15)5(14)2-7(9)16/h2-3H,4,17H2,1H3,(H,18,21,22). The maximum Gasteiger partial charge on any atom is 0.329 e. The molecule has 0 aliphatic rings. The number of H-pyrrole nitrogens is 1. The summed E-state index contributed by atoms with van der Waals surface area (Å²) in [6, 6.07) is 2.70. The number of aromatic amines is 1. The molecule has 3 N–H and O–H groups in total. The van der Waals surface area contributed by atoms with E-state index in [-0.39, 0.29) is 32.2 Å². The van der Waals surface area contributed by atoms with Gasteiger partial charge in [-0.05, 0) is 6.07 Å². The van der Waals surface area contributed by atoms with Gasteiger partial charge in [-0.3, -0.25) is 19.1 Å². The van der Waals surface area contributed by atoms with Crippen LogP contribution in [0, 0.1) is 0 Å². The lowest BCUT2D eigenvalue weighted by Crippen LogP contribution is -2.36. The van der Waals surface area contributed by atoms with E-state index >= 15 is 0 Å². The van der Waals surface area contributed by atoms with Gasteiger partial charge in [-0.1, -0.05) is 34.8 Å². The fourth-order valence-corrected chi connectivity index (χ4v) is 2.33. The number of nitrogens with two attached hydrogens (primary N) is 1. The quantitative estimate of drug-likeness (QED) is 0.624. The van der Waals surface area contributed by atoms with Crippen LogP contribution >= 0.6 is 34.8 Å². The number of rotatable bonds is 4. The van der Waals surface area contributed by atoms with Crippen LogP contribution in [0.4, 0.5) is 5.82 Å². The summed E-state index contributed by atoms with van der Waals surface area (Å²) in [6.07, 6.45) is 0. The summed E-state index contributed by atoms with van der Waals surface area (Å²) in [6.45, 7) is -0.525. The van der Waals surface area contributed by atoms with Crippen molar-refractivity contribution in [3.8, 4) is 5.75 Å². The molecule has 1 heterocycles. The number of carbonyl (C=O) groups excluding carboxylic acids is 1. The third-order valence-corrected chi connectivity index (χ3v) is 4.00. The topological polar surface area (TPSA) is 107 Å². The Morgan fingerprint density at radius 2 is 1.83 bits per heavy atom. The molecular formula is C13H10Cl3N3O4. The molecule has 0 bridgehead atoms. The highest BCUT2D eigenvalue weighted by molar-refractivity contribution is 6.43. The van der Waals surface area contributed by atoms with Crippen molar-refractivity contribution in [3.05, 3.63) is 53.6 Å². The lowest BCUT2D eigenvalue weighted by Gasteiger charge is -2.10.